The number of aryl methyl sites for hydroxylation is 2. The van der Waals surface area contributed by atoms with Crippen molar-refractivity contribution >= 4 is 11.6 Å². The fourth-order valence-corrected chi connectivity index (χ4v) is 2.58. The van der Waals surface area contributed by atoms with Crippen LogP contribution in [0.3, 0.4) is 0 Å². The van der Waals surface area contributed by atoms with Crippen molar-refractivity contribution in [3.8, 4) is 5.69 Å². The van der Waals surface area contributed by atoms with Gasteiger partial charge in [0.25, 0.3) is 11.5 Å². The Morgan fingerprint density at radius 3 is 2.44 bits per heavy atom. The predicted octanol–water partition coefficient (Wildman–Crippen LogP) is 2.92. The molecule has 3 rings (SSSR count). The number of anilines is 1. The molecule has 1 N–H and O–H groups in total. The highest BCUT2D eigenvalue weighted by Crippen LogP contribution is 2.17. The smallest absolute Gasteiger partial charge is 0.255 e. The van der Waals surface area contributed by atoms with Crippen molar-refractivity contribution in [1.29, 1.82) is 0 Å². The Kier molecular flexibility index (Phi) is 4.52. The van der Waals surface area contributed by atoms with Crippen LogP contribution < -0.4 is 10.9 Å². The van der Waals surface area contributed by atoms with Crippen LogP contribution in [-0.2, 0) is 6.54 Å². The van der Waals surface area contributed by atoms with E-state index in [4.69, 9.17) is 0 Å². The Bertz CT molecular complexity index is 968. The van der Waals surface area contributed by atoms with Crippen molar-refractivity contribution in [2.24, 2.45) is 0 Å². The van der Waals surface area contributed by atoms with Crippen LogP contribution in [0.1, 0.15) is 28.7 Å². The number of carbonyl (C=O) groups excluding carboxylic acids is 1. The summed E-state index contributed by atoms with van der Waals surface area (Å²) in [6.45, 7) is 6.44. The second kappa shape index (κ2) is 6.76. The zero-order valence-corrected chi connectivity index (χ0v) is 14.5. The largest absolute Gasteiger partial charge is 0.322 e. The summed E-state index contributed by atoms with van der Waals surface area (Å²) >= 11 is 0. The first-order chi connectivity index (χ1) is 12.0. The predicted molar refractivity (Wildman–Crippen MR) is 97.4 cm³/mol. The minimum absolute atomic E-state index is 0.184. The second-order valence-corrected chi connectivity index (χ2v) is 5.83. The average molecular weight is 336 g/mol. The molecule has 2 aromatic heterocycles. The van der Waals surface area contributed by atoms with Gasteiger partial charge in [0.15, 0.2) is 0 Å². The van der Waals surface area contributed by atoms with Crippen molar-refractivity contribution < 1.29 is 4.79 Å². The van der Waals surface area contributed by atoms with Crippen LogP contribution in [-0.4, -0.2) is 20.0 Å². The molecule has 3 aromatic rings. The molecule has 0 saturated carbocycles. The molecule has 6 nitrogen and oxygen atoms in total. The van der Waals surface area contributed by atoms with Gasteiger partial charge >= 0.3 is 0 Å². The van der Waals surface area contributed by atoms with E-state index < -0.39 is 0 Å². The van der Waals surface area contributed by atoms with Gasteiger partial charge < -0.3 is 14.5 Å². The van der Waals surface area contributed by atoms with Gasteiger partial charge in [0, 0.05) is 41.4 Å². The third kappa shape index (κ3) is 3.38. The molecule has 0 fully saturated rings. The van der Waals surface area contributed by atoms with E-state index in [-0.39, 0.29) is 11.5 Å². The van der Waals surface area contributed by atoms with Gasteiger partial charge in [-0.25, -0.2) is 4.98 Å². The van der Waals surface area contributed by atoms with Gasteiger partial charge in [0.1, 0.15) is 0 Å². The number of nitrogens with zero attached hydrogens (tertiary/aromatic N) is 3. The molecule has 25 heavy (non-hydrogen) atoms. The highest BCUT2D eigenvalue weighted by Gasteiger charge is 2.09. The van der Waals surface area contributed by atoms with Crippen molar-refractivity contribution in [2.75, 3.05) is 5.32 Å². The van der Waals surface area contributed by atoms with Gasteiger partial charge in [-0.3, -0.25) is 9.59 Å². The van der Waals surface area contributed by atoms with Gasteiger partial charge in [-0.2, -0.15) is 0 Å². The number of amides is 1. The fraction of sp³-hybridized carbons (Fsp3) is 0.211. The summed E-state index contributed by atoms with van der Waals surface area (Å²) in [5, 5.41) is 2.81. The van der Waals surface area contributed by atoms with Crippen molar-refractivity contribution in [3.63, 3.8) is 0 Å². The zero-order valence-electron chi connectivity index (χ0n) is 14.5. The van der Waals surface area contributed by atoms with E-state index in [0.29, 0.717) is 17.8 Å². The number of hydrogen-bond donors (Lipinski definition) is 1. The first-order valence-corrected chi connectivity index (χ1v) is 8.12. The lowest BCUT2D eigenvalue weighted by Crippen LogP contribution is -2.21. The molecule has 1 amide bonds. The number of nitrogens with one attached hydrogen (secondary N) is 1. The first-order valence-electron chi connectivity index (χ1n) is 8.12. The number of imidazole rings is 1. The standard InChI is InChI=1S/C19H20N4O2/c1-4-22-10-9-15(11-18(22)24)19(25)21-16-5-7-17(8-6-16)23-12-20-13(2)14(23)3/h5-12H,4H2,1-3H3,(H,21,25). The summed E-state index contributed by atoms with van der Waals surface area (Å²) in [4.78, 5) is 28.4. The van der Waals surface area contributed by atoms with Crippen LogP contribution in [0.15, 0.2) is 53.7 Å². The number of carbonyl (C=O) groups is 1. The van der Waals surface area contributed by atoms with Crippen LogP contribution in [0.4, 0.5) is 5.69 Å². The molecular formula is C19H20N4O2. The normalized spacial score (nSPS) is 10.7. The van der Waals surface area contributed by atoms with Gasteiger partial charge in [-0.05, 0) is 51.1 Å². The van der Waals surface area contributed by atoms with Gasteiger partial charge in [-0.15, -0.1) is 0 Å². The molecule has 0 aliphatic carbocycles. The van der Waals surface area contributed by atoms with E-state index >= 15 is 0 Å². The Morgan fingerprint density at radius 2 is 1.88 bits per heavy atom. The van der Waals surface area contributed by atoms with E-state index in [1.165, 1.54) is 6.07 Å². The van der Waals surface area contributed by atoms with Crippen LogP contribution in [0, 0.1) is 13.8 Å². The minimum Gasteiger partial charge on any atom is -0.322 e. The fourth-order valence-electron chi connectivity index (χ4n) is 2.58. The van der Waals surface area contributed by atoms with Crippen LogP contribution >= 0.6 is 0 Å². The second-order valence-electron chi connectivity index (χ2n) is 5.83. The highest BCUT2D eigenvalue weighted by molar-refractivity contribution is 6.04. The van der Waals surface area contributed by atoms with Crippen LogP contribution in [0.5, 0.6) is 0 Å². The van der Waals surface area contributed by atoms with Gasteiger partial charge in [0.2, 0.25) is 0 Å². The quantitative estimate of drug-likeness (QED) is 0.796. The van der Waals surface area contributed by atoms with E-state index in [1.807, 2.05) is 49.6 Å². The number of rotatable bonds is 4. The molecule has 6 heteroatoms. The summed E-state index contributed by atoms with van der Waals surface area (Å²) in [6.07, 6.45) is 3.41. The van der Waals surface area contributed by atoms with Crippen LogP contribution in [0.25, 0.3) is 5.69 Å². The molecular weight excluding hydrogens is 316 g/mol. The summed E-state index contributed by atoms with van der Waals surface area (Å²) in [5.41, 5.74) is 3.87. The Labute approximate surface area is 145 Å². The maximum atomic E-state index is 12.3. The van der Waals surface area contributed by atoms with Crippen molar-refractivity contribution in [3.05, 3.63) is 76.2 Å². The van der Waals surface area contributed by atoms with Crippen molar-refractivity contribution in [2.45, 2.75) is 27.3 Å². The Morgan fingerprint density at radius 1 is 1.16 bits per heavy atom. The molecule has 0 aliphatic heterocycles. The van der Waals surface area contributed by atoms with Gasteiger partial charge in [-0.1, -0.05) is 0 Å². The lowest BCUT2D eigenvalue weighted by Gasteiger charge is -2.09. The van der Waals surface area contributed by atoms with E-state index in [9.17, 15) is 9.59 Å². The van der Waals surface area contributed by atoms with E-state index in [2.05, 4.69) is 10.3 Å². The van der Waals surface area contributed by atoms with Crippen molar-refractivity contribution in [1.82, 2.24) is 14.1 Å². The number of aromatic nitrogens is 3. The molecule has 2 heterocycles. The molecule has 0 radical (unpaired) electrons. The topological polar surface area (TPSA) is 68.9 Å². The number of pyridine rings is 1. The summed E-state index contributed by atoms with van der Waals surface area (Å²) in [6, 6.07) is 10.5. The third-order valence-corrected chi connectivity index (χ3v) is 4.25. The molecule has 0 spiro atoms. The summed E-state index contributed by atoms with van der Waals surface area (Å²) in [5.74, 6) is -0.303. The summed E-state index contributed by atoms with van der Waals surface area (Å²) < 4.78 is 3.53. The minimum atomic E-state index is -0.303. The SMILES string of the molecule is CCn1ccc(C(=O)Nc2ccc(-n3cnc(C)c3C)cc2)cc1=O. The number of hydrogen-bond acceptors (Lipinski definition) is 3. The first kappa shape index (κ1) is 16.7. The molecule has 1 aromatic carbocycles. The highest BCUT2D eigenvalue weighted by atomic mass is 16.2. The lowest BCUT2D eigenvalue weighted by molar-refractivity contribution is 0.102. The maximum Gasteiger partial charge on any atom is 0.255 e. The lowest BCUT2D eigenvalue weighted by atomic mass is 10.2. The van der Waals surface area contributed by atoms with E-state index in [1.54, 1.807) is 23.2 Å². The zero-order chi connectivity index (χ0) is 18.0. The average Bonchev–Trinajstić information content (AvgIpc) is 2.95. The molecule has 0 saturated heterocycles. The molecule has 0 aliphatic rings. The van der Waals surface area contributed by atoms with E-state index in [0.717, 1.165) is 17.1 Å². The molecule has 0 bridgehead atoms. The molecule has 0 atom stereocenters. The number of benzene rings is 1. The Balaban J connectivity index is 1.77. The van der Waals surface area contributed by atoms with Gasteiger partial charge in [0.05, 0.1) is 12.0 Å². The monoisotopic (exact) mass is 336 g/mol. The molecule has 0 unspecified atom stereocenters. The third-order valence-electron chi connectivity index (χ3n) is 4.25. The molecule has 128 valence electrons. The maximum absolute atomic E-state index is 12.3. The Hall–Kier alpha value is -3.15. The summed E-state index contributed by atoms with van der Waals surface area (Å²) in [7, 11) is 0. The van der Waals surface area contributed by atoms with Crippen LogP contribution in [0.2, 0.25) is 0 Å².